The Kier molecular flexibility index (Phi) is 3.57. The number of hydrazone groups is 1. The van der Waals surface area contributed by atoms with Crippen molar-refractivity contribution in [1.82, 2.24) is 20.3 Å². The van der Waals surface area contributed by atoms with E-state index in [1.165, 1.54) is 0 Å². The first-order valence-electron chi connectivity index (χ1n) is 6.54. The third kappa shape index (κ3) is 2.26. The summed E-state index contributed by atoms with van der Waals surface area (Å²) in [6.45, 7) is 1.95. The number of fused-ring (bicyclic) bond motifs is 1. The monoisotopic (exact) mass is 305 g/mol. The minimum absolute atomic E-state index is 0.122. The Labute approximate surface area is 127 Å². The first-order valence-corrected chi connectivity index (χ1v) is 6.92. The van der Waals surface area contributed by atoms with Gasteiger partial charge in [-0.2, -0.15) is 5.10 Å². The van der Waals surface area contributed by atoms with Gasteiger partial charge in [0, 0.05) is 17.4 Å². The Morgan fingerprint density at radius 1 is 1.43 bits per heavy atom. The second kappa shape index (κ2) is 5.38. The average molecular weight is 306 g/mol. The molecule has 21 heavy (non-hydrogen) atoms. The second-order valence-electron chi connectivity index (χ2n) is 4.74. The van der Waals surface area contributed by atoms with E-state index >= 15 is 0 Å². The molecule has 1 aliphatic heterocycles. The van der Waals surface area contributed by atoms with Crippen molar-refractivity contribution in [3.8, 4) is 5.75 Å². The molecule has 2 N–H and O–H groups in total. The van der Waals surface area contributed by atoms with Crippen molar-refractivity contribution in [3.63, 3.8) is 0 Å². The van der Waals surface area contributed by atoms with Gasteiger partial charge in [-0.1, -0.05) is 11.6 Å². The van der Waals surface area contributed by atoms with Crippen molar-refractivity contribution in [2.24, 2.45) is 5.10 Å². The summed E-state index contributed by atoms with van der Waals surface area (Å²) in [6.07, 6.45) is 3.50. The Bertz CT molecular complexity index is 709. The Morgan fingerprint density at radius 2 is 2.24 bits per heavy atom. The van der Waals surface area contributed by atoms with E-state index < -0.39 is 0 Å². The van der Waals surface area contributed by atoms with Crippen LogP contribution in [0.15, 0.2) is 29.6 Å². The van der Waals surface area contributed by atoms with Gasteiger partial charge in [-0.15, -0.1) is 0 Å². The van der Waals surface area contributed by atoms with Crippen LogP contribution in [0.25, 0.3) is 0 Å². The molecule has 0 radical (unpaired) electrons. The lowest BCUT2D eigenvalue weighted by Crippen LogP contribution is -2.38. The lowest BCUT2D eigenvalue weighted by molar-refractivity contribution is 0.412. The number of benzene rings is 1. The van der Waals surface area contributed by atoms with Gasteiger partial charge in [-0.25, -0.2) is 4.98 Å². The number of hydrogen-bond acceptors (Lipinski definition) is 5. The summed E-state index contributed by atoms with van der Waals surface area (Å²) >= 11 is 6.16. The zero-order chi connectivity index (χ0) is 15.0. The predicted octanol–water partition coefficient (Wildman–Crippen LogP) is 1.88. The quantitative estimate of drug-likeness (QED) is 0.909. The van der Waals surface area contributed by atoms with Crippen LogP contribution in [0.4, 0.5) is 0 Å². The highest BCUT2D eigenvalue weighted by Gasteiger charge is 2.25. The molecule has 0 spiro atoms. The van der Waals surface area contributed by atoms with Crippen LogP contribution >= 0.6 is 11.6 Å². The molecule has 2 heterocycles. The van der Waals surface area contributed by atoms with Crippen molar-refractivity contribution >= 4 is 17.4 Å². The number of rotatable bonds is 3. The SMILES string of the molecule is CNC1NN=C(c2cc(C)c(Cl)cc2OC)n2ccnc21. The van der Waals surface area contributed by atoms with Gasteiger partial charge in [-0.05, 0) is 31.7 Å². The van der Waals surface area contributed by atoms with Crippen LogP contribution in [0.1, 0.15) is 23.1 Å². The van der Waals surface area contributed by atoms with Gasteiger partial charge in [0.1, 0.15) is 5.75 Å². The van der Waals surface area contributed by atoms with Crippen LogP contribution in [0.5, 0.6) is 5.75 Å². The largest absolute Gasteiger partial charge is 0.496 e. The van der Waals surface area contributed by atoms with Crippen LogP contribution in [0, 0.1) is 6.92 Å². The fourth-order valence-corrected chi connectivity index (χ4v) is 2.49. The van der Waals surface area contributed by atoms with E-state index in [1.54, 1.807) is 19.4 Å². The minimum atomic E-state index is -0.122. The van der Waals surface area contributed by atoms with Crippen molar-refractivity contribution in [2.75, 3.05) is 14.2 Å². The van der Waals surface area contributed by atoms with Gasteiger partial charge in [0.15, 0.2) is 17.8 Å². The van der Waals surface area contributed by atoms with Crippen LogP contribution in [-0.4, -0.2) is 29.5 Å². The normalized spacial score (nSPS) is 17.0. The third-order valence-electron chi connectivity index (χ3n) is 3.47. The molecule has 110 valence electrons. The number of hydrogen-bond donors (Lipinski definition) is 2. The zero-order valence-corrected chi connectivity index (χ0v) is 12.8. The van der Waals surface area contributed by atoms with Crippen LogP contribution in [0.3, 0.4) is 0 Å². The smallest absolute Gasteiger partial charge is 0.169 e. The maximum Gasteiger partial charge on any atom is 0.169 e. The van der Waals surface area contributed by atoms with Crippen molar-refractivity contribution in [3.05, 3.63) is 46.5 Å². The molecule has 1 aliphatic rings. The minimum Gasteiger partial charge on any atom is -0.496 e. The molecule has 1 atom stereocenters. The topological polar surface area (TPSA) is 63.5 Å². The second-order valence-corrected chi connectivity index (χ2v) is 5.15. The summed E-state index contributed by atoms with van der Waals surface area (Å²) in [6, 6.07) is 3.76. The summed E-state index contributed by atoms with van der Waals surface area (Å²) in [4.78, 5) is 4.37. The number of nitrogens with one attached hydrogen (secondary N) is 2. The number of ether oxygens (including phenoxy) is 1. The van der Waals surface area contributed by atoms with Gasteiger partial charge < -0.3 is 4.74 Å². The molecule has 0 saturated heterocycles. The molecule has 0 bridgehead atoms. The summed E-state index contributed by atoms with van der Waals surface area (Å²) in [5.41, 5.74) is 4.88. The number of methoxy groups -OCH3 is 1. The number of halogens is 1. The highest BCUT2D eigenvalue weighted by Crippen LogP contribution is 2.29. The zero-order valence-electron chi connectivity index (χ0n) is 12.0. The predicted molar refractivity (Wildman–Crippen MR) is 81.8 cm³/mol. The van der Waals surface area contributed by atoms with Gasteiger partial charge in [0.2, 0.25) is 0 Å². The molecule has 0 fully saturated rings. The summed E-state index contributed by atoms with van der Waals surface area (Å²) in [5, 5.41) is 8.23. The van der Waals surface area contributed by atoms with E-state index in [1.807, 2.05) is 30.8 Å². The average Bonchev–Trinajstić information content (AvgIpc) is 2.98. The number of imidazole rings is 1. The highest BCUT2D eigenvalue weighted by atomic mass is 35.5. The van der Waals surface area contributed by atoms with E-state index in [9.17, 15) is 0 Å². The number of aryl methyl sites for hydroxylation is 1. The Balaban J connectivity index is 2.14. The molecule has 6 nitrogen and oxygen atoms in total. The molecule has 1 aromatic heterocycles. The van der Waals surface area contributed by atoms with Crippen LogP contribution in [0.2, 0.25) is 5.02 Å². The first kappa shape index (κ1) is 13.9. The molecule has 3 rings (SSSR count). The lowest BCUT2D eigenvalue weighted by Gasteiger charge is -2.24. The van der Waals surface area contributed by atoms with Gasteiger partial charge in [0.05, 0.1) is 12.7 Å². The van der Waals surface area contributed by atoms with Crippen molar-refractivity contribution in [1.29, 1.82) is 0 Å². The molecule has 2 aromatic rings. The maximum absolute atomic E-state index is 6.16. The van der Waals surface area contributed by atoms with Crippen LogP contribution < -0.4 is 15.5 Å². The molecule has 1 aromatic carbocycles. The van der Waals surface area contributed by atoms with Gasteiger partial charge in [0.25, 0.3) is 0 Å². The van der Waals surface area contributed by atoms with Crippen molar-refractivity contribution < 1.29 is 4.74 Å². The molecule has 0 amide bonds. The van der Waals surface area contributed by atoms with E-state index in [-0.39, 0.29) is 6.17 Å². The van der Waals surface area contributed by atoms with Gasteiger partial charge in [-0.3, -0.25) is 15.3 Å². The summed E-state index contributed by atoms with van der Waals surface area (Å²) in [5.74, 6) is 2.25. The molecular formula is C14H16ClN5O. The Morgan fingerprint density at radius 3 is 2.95 bits per heavy atom. The van der Waals surface area contributed by atoms with E-state index in [0.717, 1.165) is 22.8 Å². The fourth-order valence-electron chi connectivity index (χ4n) is 2.34. The van der Waals surface area contributed by atoms with E-state index in [0.29, 0.717) is 10.8 Å². The highest BCUT2D eigenvalue weighted by molar-refractivity contribution is 6.31. The van der Waals surface area contributed by atoms with E-state index in [2.05, 4.69) is 20.8 Å². The molecule has 1 unspecified atom stereocenters. The standard InChI is InChI=1S/C14H16ClN5O/c1-8-6-9(11(21-3)7-10(8)15)13-19-18-12(16-2)14-17-4-5-20(13)14/h4-7,12,16,18H,1-3H3. The number of aromatic nitrogens is 2. The fraction of sp³-hybridized carbons (Fsp3) is 0.286. The summed E-state index contributed by atoms with van der Waals surface area (Å²) in [7, 11) is 3.47. The number of nitrogens with zero attached hydrogens (tertiary/aromatic N) is 3. The maximum atomic E-state index is 6.16. The third-order valence-corrected chi connectivity index (χ3v) is 3.87. The molecular weight excluding hydrogens is 290 g/mol. The molecule has 7 heteroatoms. The lowest BCUT2D eigenvalue weighted by atomic mass is 10.1. The molecule has 0 aliphatic carbocycles. The molecule has 0 saturated carbocycles. The Hall–Kier alpha value is -2.05. The van der Waals surface area contributed by atoms with E-state index in [4.69, 9.17) is 16.3 Å². The van der Waals surface area contributed by atoms with Crippen molar-refractivity contribution in [2.45, 2.75) is 13.1 Å². The van der Waals surface area contributed by atoms with Gasteiger partial charge >= 0.3 is 0 Å². The summed E-state index contributed by atoms with van der Waals surface area (Å²) < 4.78 is 7.37. The van der Waals surface area contributed by atoms with Crippen LogP contribution in [-0.2, 0) is 0 Å². The first-order chi connectivity index (χ1) is 10.2.